The topological polar surface area (TPSA) is 49.3 Å². The molecule has 2 aromatic rings. The molecule has 0 fully saturated rings. The molecule has 4 nitrogen and oxygen atoms in total. The number of aryl methyl sites for hydroxylation is 2. The summed E-state index contributed by atoms with van der Waals surface area (Å²) in [5.74, 6) is 0.497. The number of guanidine groups is 1. The Kier molecular flexibility index (Phi) is 6.09. The van der Waals surface area contributed by atoms with Crippen LogP contribution in [-0.2, 0) is 13.1 Å². The predicted molar refractivity (Wildman–Crippen MR) is 91.8 cm³/mol. The van der Waals surface area contributed by atoms with Gasteiger partial charge in [-0.15, -0.1) is 0 Å². The molecule has 1 aromatic heterocycles. The van der Waals surface area contributed by atoms with E-state index >= 15 is 0 Å². The Bertz CT molecular complexity index is 682. The Balaban J connectivity index is 2.00. The van der Waals surface area contributed by atoms with Crippen LogP contribution in [0.25, 0.3) is 0 Å². The monoisotopic (exact) mass is 314 g/mol. The second-order valence-electron chi connectivity index (χ2n) is 5.40. The van der Waals surface area contributed by atoms with Crippen LogP contribution in [-0.4, -0.2) is 17.5 Å². The first-order valence-electron chi connectivity index (χ1n) is 7.78. The van der Waals surface area contributed by atoms with Crippen molar-refractivity contribution in [2.24, 2.45) is 4.99 Å². The smallest absolute Gasteiger partial charge is 0.191 e. The second-order valence-corrected chi connectivity index (χ2v) is 5.40. The Morgan fingerprint density at radius 1 is 1.17 bits per heavy atom. The summed E-state index contributed by atoms with van der Waals surface area (Å²) in [5, 5.41) is 6.42. The average molecular weight is 314 g/mol. The first-order valence-corrected chi connectivity index (χ1v) is 7.78. The zero-order chi connectivity index (χ0) is 16.7. The van der Waals surface area contributed by atoms with Crippen LogP contribution in [0.15, 0.2) is 41.4 Å². The van der Waals surface area contributed by atoms with Gasteiger partial charge in [0.25, 0.3) is 0 Å². The number of hydrogen-bond acceptors (Lipinski definition) is 2. The highest BCUT2D eigenvalue weighted by Gasteiger charge is 2.02. The number of rotatable bonds is 5. The molecule has 1 aromatic carbocycles. The van der Waals surface area contributed by atoms with Crippen LogP contribution < -0.4 is 10.6 Å². The maximum Gasteiger partial charge on any atom is 0.191 e. The van der Waals surface area contributed by atoms with E-state index in [1.54, 1.807) is 13.0 Å². The van der Waals surface area contributed by atoms with Crippen molar-refractivity contribution in [1.82, 2.24) is 15.6 Å². The predicted octanol–water partition coefficient (Wildman–Crippen LogP) is 3.09. The quantitative estimate of drug-likeness (QED) is 0.658. The number of pyridine rings is 1. The van der Waals surface area contributed by atoms with Gasteiger partial charge in [0.15, 0.2) is 5.96 Å². The zero-order valence-corrected chi connectivity index (χ0v) is 13.9. The number of halogens is 1. The van der Waals surface area contributed by atoms with Crippen molar-refractivity contribution in [3.63, 3.8) is 0 Å². The van der Waals surface area contributed by atoms with Gasteiger partial charge < -0.3 is 10.6 Å². The van der Waals surface area contributed by atoms with Gasteiger partial charge in [-0.2, -0.15) is 0 Å². The minimum absolute atomic E-state index is 0.195. The third kappa shape index (κ3) is 5.36. The van der Waals surface area contributed by atoms with E-state index < -0.39 is 0 Å². The lowest BCUT2D eigenvalue weighted by Crippen LogP contribution is -2.37. The highest BCUT2D eigenvalue weighted by Crippen LogP contribution is 2.10. The molecule has 0 saturated carbocycles. The minimum atomic E-state index is -0.195. The van der Waals surface area contributed by atoms with Crippen molar-refractivity contribution in [2.45, 2.75) is 33.9 Å². The van der Waals surface area contributed by atoms with E-state index in [1.807, 2.05) is 38.1 Å². The van der Waals surface area contributed by atoms with Gasteiger partial charge in [-0.3, -0.25) is 4.98 Å². The van der Waals surface area contributed by atoms with Gasteiger partial charge in [0.05, 0.1) is 18.8 Å². The van der Waals surface area contributed by atoms with Gasteiger partial charge in [-0.1, -0.05) is 18.2 Å². The molecule has 0 amide bonds. The Morgan fingerprint density at radius 2 is 2.00 bits per heavy atom. The zero-order valence-electron chi connectivity index (χ0n) is 13.9. The lowest BCUT2D eigenvalue weighted by Gasteiger charge is -2.11. The largest absolute Gasteiger partial charge is 0.357 e. The molecule has 122 valence electrons. The van der Waals surface area contributed by atoms with Crippen LogP contribution >= 0.6 is 0 Å². The molecule has 0 aliphatic rings. The van der Waals surface area contributed by atoms with Crippen LogP contribution in [0.2, 0.25) is 0 Å². The summed E-state index contributed by atoms with van der Waals surface area (Å²) in [7, 11) is 0. The molecule has 2 N–H and O–H groups in total. The number of nitrogens with zero attached hydrogens (tertiary/aromatic N) is 2. The van der Waals surface area contributed by atoms with Gasteiger partial charge in [0, 0.05) is 12.2 Å². The molecular formula is C18H23FN4. The number of benzene rings is 1. The molecule has 0 unspecified atom stereocenters. The summed E-state index contributed by atoms with van der Waals surface area (Å²) in [6.07, 6.45) is 0. The fourth-order valence-corrected chi connectivity index (χ4v) is 2.12. The highest BCUT2D eigenvalue weighted by molar-refractivity contribution is 5.79. The molecule has 0 aliphatic heterocycles. The van der Waals surface area contributed by atoms with Crippen molar-refractivity contribution >= 4 is 5.96 Å². The van der Waals surface area contributed by atoms with Crippen molar-refractivity contribution in [3.8, 4) is 0 Å². The Hall–Kier alpha value is -2.43. The molecular weight excluding hydrogens is 291 g/mol. The Labute approximate surface area is 136 Å². The van der Waals surface area contributed by atoms with Gasteiger partial charge in [0.1, 0.15) is 5.82 Å². The molecule has 23 heavy (non-hydrogen) atoms. The molecule has 0 aliphatic carbocycles. The normalized spacial score (nSPS) is 11.4. The second kappa shape index (κ2) is 8.27. The number of aromatic nitrogens is 1. The molecule has 0 bridgehead atoms. The molecule has 0 spiro atoms. The van der Waals surface area contributed by atoms with Gasteiger partial charge in [-0.25, -0.2) is 9.38 Å². The van der Waals surface area contributed by atoms with E-state index in [-0.39, 0.29) is 5.82 Å². The maximum absolute atomic E-state index is 13.6. The number of hydrogen-bond donors (Lipinski definition) is 2. The third-order valence-corrected chi connectivity index (χ3v) is 3.38. The lowest BCUT2D eigenvalue weighted by molar-refractivity contribution is 0.616. The van der Waals surface area contributed by atoms with E-state index in [4.69, 9.17) is 0 Å². The fraction of sp³-hybridized carbons (Fsp3) is 0.333. The van der Waals surface area contributed by atoms with E-state index in [0.29, 0.717) is 24.6 Å². The van der Waals surface area contributed by atoms with Crippen LogP contribution in [0, 0.1) is 19.7 Å². The SMILES string of the molecule is CCNC(=NCc1ccc(C)c(F)c1)NCc1cccc(C)n1. The van der Waals surface area contributed by atoms with Gasteiger partial charge in [-0.05, 0) is 50.1 Å². The van der Waals surface area contributed by atoms with Gasteiger partial charge >= 0.3 is 0 Å². The van der Waals surface area contributed by atoms with Crippen molar-refractivity contribution in [2.75, 3.05) is 6.54 Å². The summed E-state index contributed by atoms with van der Waals surface area (Å²) in [6.45, 7) is 7.50. The van der Waals surface area contributed by atoms with Gasteiger partial charge in [0.2, 0.25) is 0 Å². The molecule has 1 heterocycles. The summed E-state index contributed by atoms with van der Waals surface area (Å²) in [6, 6.07) is 11.1. The molecule has 2 rings (SSSR count). The van der Waals surface area contributed by atoms with E-state index in [1.165, 1.54) is 6.07 Å². The summed E-state index contributed by atoms with van der Waals surface area (Å²) in [5.41, 5.74) is 3.44. The molecule has 0 atom stereocenters. The summed E-state index contributed by atoms with van der Waals surface area (Å²) >= 11 is 0. The average Bonchev–Trinajstić information content (AvgIpc) is 2.53. The molecule has 5 heteroatoms. The fourth-order valence-electron chi connectivity index (χ4n) is 2.12. The number of aliphatic imine (C=N–C) groups is 1. The first kappa shape index (κ1) is 16.9. The van der Waals surface area contributed by atoms with Crippen LogP contribution in [0.3, 0.4) is 0 Å². The third-order valence-electron chi connectivity index (χ3n) is 3.38. The Morgan fingerprint density at radius 3 is 2.70 bits per heavy atom. The highest BCUT2D eigenvalue weighted by atomic mass is 19.1. The van der Waals surface area contributed by atoms with E-state index in [2.05, 4.69) is 20.6 Å². The summed E-state index contributed by atoms with van der Waals surface area (Å²) in [4.78, 5) is 8.94. The summed E-state index contributed by atoms with van der Waals surface area (Å²) < 4.78 is 13.6. The maximum atomic E-state index is 13.6. The van der Waals surface area contributed by atoms with E-state index in [0.717, 1.165) is 23.5 Å². The number of nitrogens with one attached hydrogen (secondary N) is 2. The molecule has 0 saturated heterocycles. The first-order chi connectivity index (χ1) is 11.1. The van der Waals surface area contributed by atoms with Crippen LogP contribution in [0.5, 0.6) is 0 Å². The minimum Gasteiger partial charge on any atom is -0.357 e. The van der Waals surface area contributed by atoms with Crippen LogP contribution in [0.4, 0.5) is 4.39 Å². The molecule has 0 radical (unpaired) electrons. The van der Waals surface area contributed by atoms with Crippen molar-refractivity contribution in [3.05, 3.63) is 64.7 Å². The van der Waals surface area contributed by atoms with Crippen molar-refractivity contribution < 1.29 is 4.39 Å². The van der Waals surface area contributed by atoms with Crippen LogP contribution in [0.1, 0.15) is 29.4 Å². The van der Waals surface area contributed by atoms with Crippen molar-refractivity contribution in [1.29, 1.82) is 0 Å². The van der Waals surface area contributed by atoms with E-state index in [9.17, 15) is 4.39 Å². The lowest BCUT2D eigenvalue weighted by atomic mass is 10.1. The standard InChI is InChI=1S/C18H23FN4/c1-4-20-18(22-12-16-7-5-6-14(3)23-16)21-11-15-9-8-13(2)17(19)10-15/h5-10H,4,11-12H2,1-3H3,(H2,20,21,22).